The van der Waals surface area contributed by atoms with Crippen molar-refractivity contribution in [1.29, 1.82) is 5.26 Å². The van der Waals surface area contributed by atoms with Crippen LogP contribution >= 0.6 is 0 Å². The maximum atomic E-state index is 12.5. The largest absolute Gasteiger partial charge is 0.385 e. The molecule has 0 bridgehead atoms. The van der Waals surface area contributed by atoms with Gasteiger partial charge in [0.1, 0.15) is 0 Å². The standard InChI is InChI=1S/C14H21N3O2S/c1-4-16-13-6-8-14(9-7-13)20(18,19)17(5-2)11-12(3)10-15/h6-9,12,16H,4-5,11H2,1-3H3. The van der Waals surface area contributed by atoms with E-state index in [4.69, 9.17) is 5.26 Å². The molecule has 5 nitrogen and oxygen atoms in total. The van der Waals surface area contributed by atoms with Crippen LogP contribution in [0, 0.1) is 17.2 Å². The van der Waals surface area contributed by atoms with Gasteiger partial charge >= 0.3 is 0 Å². The molecule has 0 amide bonds. The predicted molar refractivity (Wildman–Crippen MR) is 79.8 cm³/mol. The summed E-state index contributed by atoms with van der Waals surface area (Å²) in [5, 5.41) is 12.0. The summed E-state index contributed by atoms with van der Waals surface area (Å²) in [5.41, 5.74) is 0.889. The maximum Gasteiger partial charge on any atom is 0.243 e. The third kappa shape index (κ3) is 3.95. The molecule has 0 fully saturated rings. The normalized spacial score (nSPS) is 12.9. The number of hydrogen-bond acceptors (Lipinski definition) is 4. The number of benzene rings is 1. The lowest BCUT2D eigenvalue weighted by Gasteiger charge is -2.21. The van der Waals surface area contributed by atoms with Crippen molar-refractivity contribution < 1.29 is 8.42 Å². The summed E-state index contributed by atoms with van der Waals surface area (Å²) in [5.74, 6) is -0.328. The average Bonchev–Trinajstić information content (AvgIpc) is 2.45. The third-order valence-electron chi connectivity index (χ3n) is 2.92. The second-order valence-electron chi connectivity index (χ2n) is 4.54. The highest BCUT2D eigenvalue weighted by atomic mass is 32.2. The van der Waals surface area contributed by atoms with Crippen molar-refractivity contribution in [3.05, 3.63) is 24.3 Å². The van der Waals surface area contributed by atoms with Gasteiger partial charge in [0.2, 0.25) is 10.0 Å². The van der Waals surface area contributed by atoms with Crippen LogP contribution in [0.1, 0.15) is 20.8 Å². The van der Waals surface area contributed by atoms with Crippen LogP contribution in [0.25, 0.3) is 0 Å². The topological polar surface area (TPSA) is 73.2 Å². The monoisotopic (exact) mass is 295 g/mol. The van der Waals surface area contributed by atoms with Gasteiger partial charge in [-0.25, -0.2) is 8.42 Å². The minimum absolute atomic E-state index is 0.213. The Hall–Kier alpha value is -1.58. The SMILES string of the molecule is CCNc1ccc(S(=O)(=O)N(CC)CC(C)C#N)cc1. The molecule has 0 aromatic heterocycles. The highest BCUT2D eigenvalue weighted by Gasteiger charge is 2.24. The van der Waals surface area contributed by atoms with Crippen molar-refractivity contribution in [3.8, 4) is 6.07 Å². The first kappa shape index (κ1) is 16.5. The van der Waals surface area contributed by atoms with Crippen LogP contribution in [0.15, 0.2) is 29.2 Å². The number of rotatable bonds is 7. The quantitative estimate of drug-likeness (QED) is 0.837. The van der Waals surface area contributed by atoms with Gasteiger partial charge in [-0.3, -0.25) is 0 Å². The molecule has 1 aromatic rings. The predicted octanol–water partition coefficient (Wildman–Crippen LogP) is 2.29. The minimum atomic E-state index is -3.53. The van der Waals surface area contributed by atoms with Crippen molar-refractivity contribution >= 4 is 15.7 Å². The Morgan fingerprint density at radius 2 is 1.90 bits per heavy atom. The van der Waals surface area contributed by atoms with Crippen molar-refractivity contribution in [1.82, 2.24) is 4.31 Å². The third-order valence-corrected chi connectivity index (χ3v) is 4.88. The molecule has 1 atom stereocenters. The lowest BCUT2D eigenvalue weighted by atomic mass is 10.2. The Bertz CT molecular complexity index is 561. The molecule has 1 rings (SSSR count). The summed E-state index contributed by atoms with van der Waals surface area (Å²) in [4.78, 5) is 0.256. The Morgan fingerprint density at radius 3 is 2.35 bits per heavy atom. The highest BCUT2D eigenvalue weighted by Crippen LogP contribution is 2.19. The van der Waals surface area contributed by atoms with Gasteiger partial charge < -0.3 is 5.32 Å². The molecule has 0 aliphatic heterocycles. The molecule has 1 aromatic carbocycles. The van der Waals surface area contributed by atoms with E-state index in [9.17, 15) is 8.42 Å². The summed E-state index contributed by atoms with van der Waals surface area (Å²) in [6, 6.07) is 8.74. The minimum Gasteiger partial charge on any atom is -0.385 e. The molecule has 0 spiro atoms. The molecule has 1 N–H and O–H groups in total. The van der Waals surface area contributed by atoms with E-state index >= 15 is 0 Å². The van der Waals surface area contributed by atoms with Gasteiger partial charge in [-0.15, -0.1) is 0 Å². The smallest absolute Gasteiger partial charge is 0.243 e. The zero-order valence-corrected chi connectivity index (χ0v) is 12.9. The first-order chi connectivity index (χ1) is 9.45. The number of nitriles is 1. The molecule has 110 valence electrons. The maximum absolute atomic E-state index is 12.5. The van der Waals surface area contributed by atoms with Crippen LogP contribution in [-0.4, -0.2) is 32.4 Å². The lowest BCUT2D eigenvalue weighted by molar-refractivity contribution is 0.400. The van der Waals surface area contributed by atoms with Crippen LogP contribution in [0.5, 0.6) is 0 Å². The van der Waals surface area contributed by atoms with Crippen LogP contribution in [-0.2, 0) is 10.0 Å². The van der Waals surface area contributed by atoms with Crippen molar-refractivity contribution in [2.45, 2.75) is 25.7 Å². The molecule has 0 aliphatic carbocycles. The van der Waals surface area contributed by atoms with Gasteiger partial charge in [-0.2, -0.15) is 9.57 Å². The average molecular weight is 295 g/mol. The molecule has 20 heavy (non-hydrogen) atoms. The van der Waals surface area contributed by atoms with E-state index in [0.717, 1.165) is 12.2 Å². The highest BCUT2D eigenvalue weighted by molar-refractivity contribution is 7.89. The van der Waals surface area contributed by atoms with Crippen molar-refractivity contribution in [2.24, 2.45) is 5.92 Å². The summed E-state index contributed by atoms with van der Waals surface area (Å²) < 4.78 is 26.3. The van der Waals surface area contributed by atoms with Crippen LogP contribution in [0.2, 0.25) is 0 Å². The van der Waals surface area contributed by atoms with Crippen molar-refractivity contribution in [3.63, 3.8) is 0 Å². The van der Waals surface area contributed by atoms with Gasteiger partial charge in [-0.05, 0) is 38.1 Å². The zero-order chi connectivity index (χ0) is 15.2. The van der Waals surface area contributed by atoms with Gasteiger partial charge in [0.05, 0.1) is 16.9 Å². The number of nitrogens with zero attached hydrogens (tertiary/aromatic N) is 2. The van der Waals surface area contributed by atoms with E-state index in [2.05, 4.69) is 11.4 Å². The van der Waals surface area contributed by atoms with Gasteiger partial charge in [0.25, 0.3) is 0 Å². The number of anilines is 1. The van der Waals surface area contributed by atoms with Crippen LogP contribution < -0.4 is 5.32 Å². The molecule has 0 heterocycles. The Labute approximate surface area is 121 Å². The molecule has 6 heteroatoms. The molecule has 0 saturated carbocycles. The lowest BCUT2D eigenvalue weighted by Crippen LogP contribution is -2.34. The van der Waals surface area contributed by atoms with Crippen molar-refractivity contribution in [2.75, 3.05) is 25.0 Å². The zero-order valence-electron chi connectivity index (χ0n) is 12.1. The first-order valence-electron chi connectivity index (χ1n) is 6.69. The Morgan fingerprint density at radius 1 is 1.30 bits per heavy atom. The summed E-state index contributed by atoms with van der Waals surface area (Å²) >= 11 is 0. The van der Waals surface area contributed by atoms with E-state index in [0.29, 0.717) is 6.54 Å². The molecule has 0 radical (unpaired) electrons. The van der Waals surface area contributed by atoms with E-state index in [1.54, 1.807) is 38.1 Å². The second kappa shape index (κ2) is 7.27. The van der Waals surface area contributed by atoms with Gasteiger partial charge in [0, 0.05) is 25.3 Å². The molecular formula is C14H21N3O2S. The Kier molecular flexibility index (Phi) is 5.99. The summed E-state index contributed by atoms with van der Waals surface area (Å²) in [6.45, 7) is 6.81. The number of nitrogens with one attached hydrogen (secondary N) is 1. The molecular weight excluding hydrogens is 274 g/mol. The van der Waals surface area contributed by atoms with Gasteiger partial charge in [0.15, 0.2) is 0 Å². The van der Waals surface area contributed by atoms with E-state index < -0.39 is 10.0 Å². The second-order valence-corrected chi connectivity index (χ2v) is 6.48. The summed E-state index contributed by atoms with van der Waals surface area (Å²) in [6.07, 6.45) is 0. The van der Waals surface area contributed by atoms with E-state index in [1.807, 2.05) is 6.92 Å². The summed E-state index contributed by atoms with van der Waals surface area (Å²) in [7, 11) is -3.53. The van der Waals surface area contributed by atoms with Crippen LogP contribution in [0.3, 0.4) is 0 Å². The van der Waals surface area contributed by atoms with E-state index in [1.165, 1.54) is 4.31 Å². The molecule has 0 saturated heterocycles. The van der Waals surface area contributed by atoms with Crippen LogP contribution in [0.4, 0.5) is 5.69 Å². The fourth-order valence-corrected chi connectivity index (χ4v) is 3.38. The number of hydrogen-bond donors (Lipinski definition) is 1. The molecule has 1 unspecified atom stereocenters. The fourth-order valence-electron chi connectivity index (χ4n) is 1.84. The Balaban J connectivity index is 2.99. The first-order valence-corrected chi connectivity index (χ1v) is 8.13. The van der Waals surface area contributed by atoms with E-state index in [-0.39, 0.29) is 17.4 Å². The molecule has 0 aliphatic rings. The number of sulfonamides is 1. The van der Waals surface area contributed by atoms with Gasteiger partial charge in [-0.1, -0.05) is 6.92 Å². The fraction of sp³-hybridized carbons (Fsp3) is 0.500.